The van der Waals surface area contributed by atoms with Crippen LogP contribution in [0, 0.1) is 0 Å². The van der Waals surface area contributed by atoms with Crippen molar-refractivity contribution in [1.82, 2.24) is 13.7 Å². The number of para-hydroxylation sites is 4. The van der Waals surface area contributed by atoms with E-state index in [-0.39, 0.29) is 0 Å². The van der Waals surface area contributed by atoms with Gasteiger partial charge < -0.3 is 23.2 Å². The second kappa shape index (κ2) is 10.5. The second-order valence-electron chi connectivity index (χ2n) is 12.5. The maximum absolute atomic E-state index is 5.72. The van der Waals surface area contributed by atoms with E-state index in [1.165, 1.54) is 54.4 Å². The Morgan fingerprint density at radius 1 is 0.306 bits per heavy atom. The van der Waals surface area contributed by atoms with Crippen molar-refractivity contribution in [1.29, 1.82) is 0 Å². The Hall–Kier alpha value is -6.46. The minimum absolute atomic E-state index is 0.744. The molecule has 0 aliphatic rings. The summed E-state index contributed by atoms with van der Waals surface area (Å²) in [6.07, 6.45) is 0. The minimum Gasteiger partial charge on any atom is -0.497 e. The van der Waals surface area contributed by atoms with Gasteiger partial charge in [0, 0.05) is 61.9 Å². The van der Waals surface area contributed by atoms with Crippen molar-refractivity contribution in [2.45, 2.75) is 0 Å². The van der Waals surface area contributed by atoms with Crippen molar-refractivity contribution in [2.24, 2.45) is 0 Å². The fourth-order valence-corrected chi connectivity index (χ4v) is 7.88. The van der Waals surface area contributed by atoms with E-state index >= 15 is 0 Å². The van der Waals surface area contributed by atoms with Gasteiger partial charge in [-0.1, -0.05) is 72.8 Å². The molecule has 0 atom stereocenters. The molecule has 5 nitrogen and oxygen atoms in total. The fourth-order valence-electron chi connectivity index (χ4n) is 7.88. The zero-order valence-corrected chi connectivity index (χ0v) is 27.1. The van der Waals surface area contributed by atoms with Crippen LogP contribution in [0.1, 0.15) is 0 Å². The Morgan fingerprint density at radius 2 is 0.633 bits per heavy atom. The van der Waals surface area contributed by atoms with Gasteiger partial charge in [0.05, 0.1) is 53.0 Å². The van der Waals surface area contributed by atoms with Crippen LogP contribution in [0.2, 0.25) is 0 Å². The summed E-state index contributed by atoms with van der Waals surface area (Å²) >= 11 is 0. The van der Waals surface area contributed by atoms with Crippen molar-refractivity contribution >= 4 is 65.4 Å². The monoisotopic (exact) mass is 633 g/mol. The first-order valence-corrected chi connectivity index (χ1v) is 16.5. The number of ether oxygens (including phenoxy) is 2. The van der Waals surface area contributed by atoms with Crippen LogP contribution in [-0.4, -0.2) is 27.9 Å². The Kier molecular flexibility index (Phi) is 5.94. The highest BCUT2D eigenvalue weighted by Gasteiger charge is 2.19. The highest BCUT2D eigenvalue weighted by Crippen LogP contribution is 2.40. The molecule has 0 radical (unpaired) electrons. The molecule has 3 heterocycles. The first-order valence-electron chi connectivity index (χ1n) is 16.5. The Balaban J connectivity index is 1.31. The van der Waals surface area contributed by atoms with Crippen molar-refractivity contribution in [2.75, 3.05) is 14.2 Å². The third-order valence-electron chi connectivity index (χ3n) is 10.0. The maximum atomic E-state index is 5.72. The molecule has 0 saturated heterocycles. The summed E-state index contributed by atoms with van der Waals surface area (Å²) in [5.41, 5.74) is 10.2. The number of hydrogen-bond acceptors (Lipinski definition) is 2. The van der Waals surface area contributed by atoms with E-state index in [2.05, 4.69) is 159 Å². The average Bonchev–Trinajstić information content (AvgIpc) is 3.80. The van der Waals surface area contributed by atoms with Gasteiger partial charge in [-0.25, -0.2) is 0 Å². The van der Waals surface area contributed by atoms with Crippen LogP contribution in [-0.2, 0) is 0 Å². The number of aromatic nitrogens is 3. The second-order valence-corrected chi connectivity index (χ2v) is 12.5. The van der Waals surface area contributed by atoms with E-state index in [9.17, 15) is 0 Å². The van der Waals surface area contributed by atoms with Gasteiger partial charge in [0.1, 0.15) is 11.5 Å². The highest BCUT2D eigenvalue weighted by atomic mass is 16.5. The molecule has 5 heteroatoms. The maximum Gasteiger partial charge on any atom is 0.124 e. The van der Waals surface area contributed by atoms with E-state index in [0.29, 0.717) is 0 Å². The van der Waals surface area contributed by atoms with E-state index in [4.69, 9.17) is 9.47 Å². The summed E-state index contributed by atoms with van der Waals surface area (Å²) in [5, 5.41) is 7.32. The molecule has 3 aromatic heterocycles. The third kappa shape index (κ3) is 3.99. The smallest absolute Gasteiger partial charge is 0.124 e. The van der Waals surface area contributed by atoms with Gasteiger partial charge in [-0.05, 0) is 60.7 Å². The zero-order chi connectivity index (χ0) is 32.6. The molecule has 49 heavy (non-hydrogen) atoms. The first-order chi connectivity index (χ1) is 24.2. The van der Waals surface area contributed by atoms with Gasteiger partial charge >= 0.3 is 0 Å². The lowest BCUT2D eigenvalue weighted by Gasteiger charge is -2.13. The largest absolute Gasteiger partial charge is 0.497 e. The van der Waals surface area contributed by atoms with E-state index in [1.54, 1.807) is 14.2 Å². The van der Waals surface area contributed by atoms with Gasteiger partial charge in [0.15, 0.2) is 0 Å². The lowest BCUT2D eigenvalue weighted by molar-refractivity contribution is 0.394. The van der Waals surface area contributed by atoms with Gasteiger partial charge in [0.2, 0.25) is 0 Å². The van der Waals surface area contributed by atoms with Gasteiger partial charge in [-0.15, -0.1) is 0 Å². The predicted molar refractivity (Wildman–Crippen MR) is 203 cm³/mol. The molecule has 10 rings (SSSR count). The predicted octanol–water partition coefficient (Wildman–Crippen LogP) is 11.0. The molecule has 234 valence electrons. The number of methoxy groups -OCH3 is 2. The third-order valence-corrected chi connectivity index (χ3v) is 10.0. The fraction of sp³-hybridized carbons (Fsp3) is 0.0455. The van der Waals surface area contributed by atoms with E-state index in [0.717, 1.165) is 39.6 Å². The van der Waals surface area contributed by atoms with E-state index < -0.39 is 0 Å². The summed E-state index contributed by atoms with van der Waals surface area (Å²) in [7, 11) is 3.39. The van der Waals surface area contributed by atoms with Crippen molar-refractivity contribution < 1.29 is 9.47 Å². The van der Waals surface area contributed by atoms with Crippen molar-refractivity contribution in [3.63, 3.8) is 0 Å². The topological polar surface area (TPSA) is 33.2 Å². The molecule has 0 aliphatic heterocycles. The van der Waals surface area contributed by atoms with Gasteiger partial charge in [-0.2, -0.15) is 0 Å². The molecule has 0 fully saturated rings. The Labute approximate surface area is 282 Å². The summed E-state index contributed by atoms with van der Waals surface area (Å²) in [6, 6.07) is 54.4. The van der Waals surface area contributed by atoms with Crippen LogP contribution in [0.5, 0.6) is 11.5 Å². The SMILES string of the molecule is COc1cc(OC)cc(-n2c3ccc(-n4c5ccccc5c5ccccc54)cc3c3cc(-n4c5ccccc5c5ccccc54)ccc32)c1. The summed E-state index contributed by atoms with van der Waals surface area (Å²) in [5.74, 6) is 1.49. The first kappa shape index (κ1) is 27.6. The molecule has 0 spiro atoms. The van der Waals surface area contributed by atoms with Crippen LogP contribution in [0.25, 0.3) is 82.5 Å². The van der Waals surface area contributed by atoms with E-state index in [1.807, 2.05) is 6.07 Å². The molecule has 7 aromatic carbocycles. The Bertz CT molecular complexity index is 2620. The van der Waals surface area contributed by atoms with Crippen molar-refractivity contribution in [3.05, 3.63) is 152 Å². The highest BCUT2D eigenvalue weighted by molar-refractivity contribution is 6.14. The number of nitrogens with zero attached hydrogens (tertiary/aromatic N) is 3. The standard InChI is InChI=1S/C44H31N3O2/c1-48-31-23-30(24-32(27-31)49-2)47-43-21-19-28(45-39-15-7-3-11-33(39)34-12-4-8-16-40(34)45)25-37(43)38-26-29(20-22-44(38)47)46-41-17-9-5-13-35(41)36-14-6-10-18-42(36)46/h3-27H,1-2H3. The molecule has 0 amide bonds. The van der Waals surface area contributed by atoms with Crippen LogP contribution < -0.4 is 9.47 Å². The number of rotatable bonds is 5. The zero-order valence-electron chi connectivity index (χ0n) is 27.1. The summed E-state index contributed by atoms with van der Waals surface area (Å²) in [6.45, 7) is 0. The number of fused-ring (bicyclic) bond motifs is 9. The van der Waals surface area contributed by atoms with Crippen LogP contribution in [0.15, 0.2) is 152 Å². The molecule has 0 N–H and O–H groups in total. The number of hydrogen-bond donors (Lipinski definition) is 0. The molecule has 10 aromatic rings. The summed E-state index contributed by atoms with van der Waals surface area (Å²) < 4.78 is 18.5. The van der Waals surface area contributed by atoms with Crippen LogP contribution >= 0.6 is 0 Å². The van der Waals surface area contributed by atoms with Crippen LogP contribution in [0.3, 0.4) is 0 Å². The quantitative estimate of drug-likeness (QED) is 0.189. The van der Waals surface area contributed by atoms with Crippen LogP contribution in [0.4, 0.5) is 0 Å². The lowest BCUT2D eigenvalue weighted by atomic mass is 10.1. The molecule has 0 unspecified atom stereocenters. The van der Waals surface area contributed by atoms with Gasteiger partial charge in [-0.3, -0.25) is 0 Å². The average molecular weight is 634 g/mol. The summed E-state index contributed by atoms with van der Waals surface area (Å²) in [4.78, 5) is 0. The molecule has 0 saturated carbocycles. The molecular weight excluding hydrogens is 603 g/mol. The molecular formula is C44H31N3O2. The minimum atomic E-state index is 0.744. The Morgan fingerprint density at radius 3 is 1.00 bits per heavy atom. The lowest BCUT2D eigenvalue weighted by Crippen LogP contribution is -1.98. The normalized spacial score (nSPS) is 11.9. The molecule has 0 bridgehead atoms. The van der Waals surface area contributed by atoms with Gasteiger partial charge in [0.25, 0.3) is 0 Å². The molecule has 0 aliphatic carbocycles. The van der Waals surface area contributed by atoms with Crippen molar-refractivity contribution in [3.8, 4) is 28.6 Å². The number of benzene rings is 7.